The van der Waals surface area contributed by atoms with Gasteiger partial charge in [-0.25, -0.2) is 0 Å². The summed E-state index contributed by atoms with van der Waals surface area (Å²) in [6.45, 7) is 9.18. The van der Waals surface area contributed by atoms with Crippen molar-refractivity contribution in [2.24, 2.45) is 0 Å². The van der Waals surface area contributed by atoms with Gasteiger partial charge in [-0.3, -0.25) is 0 Å². The number of hydrogen-bond donors (Lipinski definition) is 0. The van der Waals surface area contributed by atoms with E-state index in [1.807, 2.05) is 6.92 Å². The van der Waals surface area contributed by atoms with Gasteiger partial charge in [-0.15, -0.1) is 0 Å². The van der Waals surface area contributed by atoms with Gasteiger partial charge in [-0.2, -0.15) is 0 Å². The van der Waals surface area contributed by atoms with Crippen molar-refractivity contribution in [2.45, 2.75) is 65.8 Å². The Morgan fingerprint density at radius 2 is 2.06 bits per heavy atom. The van der Waals surface area contributed by atoms with Crippen molar-refractivity contribution in [3.8, 4) is 0 Å². The van der Waals surface area contributed by atoms with E-state index in [0.717, 1.165) is 37.6 Å². The van der Waals surface area contributed by atoms with Gasteiger partial charge in [0.2, 0.25) is 0 Å². The maximum absolute atomic E-state index is 5.83. The highest BCUT2D eigenvalue weighted by Crippen LogP contribution is 2.11. The SMILES string of the molecule is CCCCOC(C)OC(CBr)CCC=C(C)C. The van der Waals surface area contributed by atoms with Crippen LogP contribution in [0.25, 0.3) is 0 Å². The van der Waals surface area contributed by atoms with E-state index in [2.05, 4.69) is 42.8 Å². The van der Waals surface area contributed by atoms with Crippen molar-refractivity contribution in [1.82, 2.24) is 0 Å². The molecular formula is C14H27BrO2. The molecule has 2 nitrogen and oxygen atoms in total. The first kappa shape index (κ1) is 17.1. The number of allylic oxidation sites excluding steroid dienone is 2. The van der Waals surface area contributed by atoms with E-state index in [4.69, 9.17) is 9.47 Å². The summed E-state index contributed by atoms with van der Waals surface area (Å²) in [4.78, 5) is 0. The minimum atomic E-state index is -0.101. The lowest BCUT2D eigenvalue weighted by Gasteiger charge is -2.20. The van der Waals surface area contributed by atoms with Crippen LogP contribution < -0.4 is 0 Å². The van der Waals surface area contributed by atoms with Crippen LogP contribution in [0, 0.1) is 0 Å². The molecule has 2 atom stereocenters. The average molecular weight is 307 g/mol. The summed E-state index contributed by atoms with van der Waals surface area (Å²) in [7, 11) is 0. The number of hydrogen-bond acceptors (Lipinski definition) is 2. The normalized spacial score (nSPS) is 14.4. The van der Waals surface area contributed by atoms with Crippen LogP contribution in [0.4, 0.5) is 0 Å². The van der Waals surface area contributed by atoms with Crippen molar-refractivity contribution in [2.75, 3.05) is 11.9 Å². The Morgan fingerprint density at radius 1 is 1.35 bits per heavy atom. The lowest BCUT2D eigenvalue weighted by molar-refractivity contribution is -0.155. The van der Waals surface area contributed by atoms with Gasteiger partial charge in [0.1, 0.15) is 0 Å². The zero-order valence-electron chi connectivity index (χ0n) is 11.7. The molecule has 0 aromatic carbocycles. The number of unbranched alkanes of at least 4 members (excludes halogenated alkanes) is 1. The molecule has 0 aliphatic rings. The first-order valence-corrected chi connectivity index (χ1v) is 7.68. The second-order valence-corrected chi connectivity index (χ2v) is 5.21. The molecule has 2 unspecified atom stereocenters. The van der Waals surface area contributed by atoms with Crippen LogP contribution in [0.3, 0.4) is 0 Å². The molecule has 0 saturated carbocycles. The van der Waals surface area contributed by atoms with Crippen LogP contribution in [0.2, 0.25) is 0 Å². The first-order chi connectivity index (χ1) is 8.10. The van der Waals surface area contributed by atoms with Crippen molar-refractivity contribution in [1.29, 1.82) is 0 Å². The molecule has 0 aliphatic heterocycles. The third-order valence-electron chi connectivity index (χ3n) is 2.45. The molecule has 0 amide bonds. The Kier molecular flexibility index (Phi) is 11.3. The summed E-state index contributed by atoms with van der Waals surface area (Å²) < 4.78 is 11.4. The Labute approximate surface area is 115 Å². The Bertz CT molecular complexity index is 200. The standard InChI is InChI=1S/C14H27BrO2/c1-5-6-10-16-13(4)17-14(11-15)9-7-8-12(2)3/h8,13-14H,5-7,9-11H2,1-4H3. The topological polar surface area (TPSA) is 18.5 Å². The smallest absolute Gasteiger partial charge is 0.155 e. The molecule has 0 N–H and O–H groups in total. The number of alkyl halides is 1. The molecule has 102 valence electrons. The maximum atomic E-state index is 5.83. The molecule has 0 saturated heterocycles. The van der Waals surface area contributed by atoms with Gasteiger partial charge in [0.05, 0.1) is 6.10 Å². The molecule has 17 heavy (non-hydrogen) atoms. The predicted molar refractivity (Wildman–Crippen MR) is 77.7 cm³/mol. The summed E-state index contributed by atoms with van der Waals surface area (Å²) in [6.07, 6.45) is 6.76. The first-order valence-electron chi connectivity index (χ1n) is 6.56. The Morgan fingerprint density at radius 3 is 2.59 bits per heavy atom. The zero-order valence-corrected chi connectivity index (χ0v) is 13.3. The Hall–Kier alpha value is 0.140. The second kappa shape index (κ2) is 11.2. The van der Waals surface area contributed by atoms with Crippen LogP contribution in [0.15, 0.2) is 11.6 Å². The highest BCUT2D eigenvalue weighted by atomic mass is 79.9. The van der Waals surface area contributed by atoms with Gasteiger partial charge < -0.3 is 9.47 Å². The van der Waals surface area contributed by atoms with E-state index in [0.29, 0.717) is 0 Å². The fourth-order valence-corrected chi connectivity index (χ4v) is 1.92. The monoisotopic (exact) mass is 306 g/mol. The summed E-state index contributed by atoms with van der Waals surface area (Å²) >= 11 is 3.49. The minimum Gasteiger partial charge on any atom is -0.353 e. The van der Waals surface area contributed by atoms with Crippen LogP contribution >= 0.6 is 15.9 Å². The van der Waals surface area contributed by atoms with E-state index < -0.39 is 0 Å². The molecule has 3 heteroatoms. The lowest BCUT2D eigenvalue weighted by atomic mass is 10.2. The zero-order chi connectivity index (χ0) is 13.1. The average Bonchev–Trinajstić information content (AvgIpc) is 2.27. The molecule has 0 bridgehead atoms. The summed E-state index contributed by atoms with van der Waals surface area (Å²) in [6, 6.07) is 0. The van der Waals surface area contributed by atoms with Crippen LogP contribution in [0.5, 0.6) is 0 Å². The van der Waals surface area contributed by atoms with Crippen LogP contribution in [-0.2, 0) is 9.47 Å². The lowest BCUT2D eigenvalue weighted by Crippen LogP contribution is -2.23. The summed E-state index contributed by atoms with van der Waals surface area (Å²) in [5.74, 6) is 0. The number of halogens is 1. The van der Waals surface area contributed by atoms with Gasteiger partial charge in [0.15, 0.2) is 6.29 Å². The van der Waals surface area contributed by atoms with Gasteiger partial charge in [-0.1, -0.05) is 40.9 Å². The molecule has 0 heterocycles. The predicted octanol–water partition coefficient (Wildman–Crippen LogP) is 4.68. The molecule has 0 rings (SSSR count). The fraction of sp³-hybridized carbons (Fsp3) is 0.857. The molecule has 0 spiro atoms. The third kappa shape index (κ3) is 11.0. The van der Waals surface area contributed by atoms with Gasteiger partial charge in [-0.05, 0) is 40.0 Å². The molecule has 0 aliphatic carbocycles. The van der Waals surface area contributed by atoms with Gasteiger partial charge >= 0.3 is 0 Å². The van der Waals surface area contributed by atoms with Crippen molar-refractivity contribution in [3.63, 3.8) is 0 Å². The molecular weight excluding hydrogens is 280 g/mol. The number of rotatable bonds is 10. The minimum absolute atomic E-state index is 0.101. The third-order valence-corrected chi connectivity index (χ3v) is 3.17. The fourth-order valence-electron chi connectivity index (χ4n) is 1.44. The van der Waals surface area contributed by atoms with Gasteiger partial charge in [0.25, 0.3) is 0 Å². The van der Waals surface area contributed by atoms with Gasteiger partial charge in [0, 0.05) is 11.9 Å². The van der Waals surface area contributed by atoms with Crippen LogP contribution in [-0.4, -0.2) is 24.3 Å². The van der Waals surface area contributed by atoms with Crippen molar-refractivity contribution < 1.29 is 9.47 Å². The summed E-state index contributed by atoms with van der Waals surface area (Å²) in [5, 5.41) is 0.866. The van der Waals surface area contributed by atoms with E-state index in [1.165, 1.54) is 5.57 Å². The van der Waals surface area contributed by atoms with Crippen molar-refractivity contribution in [3.05, 3.63) is 11.6 Å². The Balaban J connectivity index is 3.75. The summed E-state index contributed by atoms with van der Waals surface area (Å²) in [5.41, 5.74) is 1.37. The van der Waals surface area contributed by atoms with E-state index in [1.54, 1.807) is 0 Å². The molecule has 0 fully saturated rings. The number of ether oxygens (including phenoxy) is 2. The molecule has 0 aromatic rings. The second-order valence-electron chi connectivity index (χ2n) is 4.56. The van der Waals surface area contributed by atoms with E-state index >= 15 is 0 Å². The van der Waals surface area contributed by atoms with Crippen LogP contribution in [0.1, 0.15) is 53.4 Å². The molecule has 0 radical (unpaired) electrons. The quantitative estimate of drug-likeness (QED) is 0.253. The van der Waals surface area contributed by atoms with E-state index in [-0.39, 0.29) is 12.4 Å². The largest absolute Gasteiger partial charge is 0.353 e. The highest BCUT2D eigenvalue weighted by molar-refractivity contribution is 9.09. The van der Waals surface area contributed by atoms with Crippen molar-refractivity contribution >= 4 is 15.9 Å². The van der Waals surface area contributed by atoms with E-state index in [9.17, 15) is 0 Å². The highest BCUT2D eigenvalue weighted by Gasteiger charge is 2.11. The molecule has 0 aromatic heterocycles. The maximum Gasteiger partial charge on any atom is 0.155 e.